The molecule has 1 aromatic heterocycles. The topological polar surface area (TPSA) is 54.6 Å². The Labute approximate surface area is 202 Å². The van der Waals surface area contributed by atoms with Gasteiger partial charge in [0.25, 0.3) is 0 Å². The van der Waals surface area contributed by atoms with E-state index in [0.29, 0.717) is 22.4 Å². The Bertz CT molecular complexity index is 1260. The van der Waals surface area contributed by atoms with Crippen LogP contribution >= 0.6 is 11.6 Å². The minimum atomic E-state index is -0.348. The van der Waals surface area contributed by atoms with E-state index in [2.05, 4.69) is 26.1 Å². The first-order valence-corrected chi connectivity index (χ1v) is 11.5. The van der Waals surface area contributed by atoms with Crippen molar-refractivity contribution in [3.05, 3.63) is 95.1 Å². The number of ether oxygens (including phenoxy) is 1. The molecule has 0 radical (unpaired) electrons. The molecule has 8 heteroatoms. The predicted octanol–water partition coefficient (Wildman–Crippen LogP) is 5.45. The lowest BCUT2D eigenvalue weighted by molar-refractivity contribution is 0.187. The average Bonchev–Trinajstić information content (AvgIpc) is 3.36. The molecule has 0 saturated carbocycles. The fourth-order valence-electron chi connectivity index (χ4n) is 4.35. The highest BCUT2D eigenvalue weighted by Gasteiger charge is 2.31. The summed E-state index contributed by atoms with van der Waals surface area (Å²) in [6.07, 6.45) is 0. The van der Waals surface area contributed by atoms with Gasteiger partial charge in [-0.25, -0.2) is 4.39 Å². The summed E-state index contributed by atoms with van der Waals surface area (Å²) in [7, 11) is 1.69. The second-order valence-electron chi connectivity index (χ2n) is 8.10. The van der Waals surface area contributed by atoms with E-state index in [1.807, 2.05) is 42.5 Å². The zero-order valence-corrected chi connectivity index (χ0v) is 19.5. The Kier molecular flexibility index (Phi) is 6.47. The van der Waals surface area contributed by atoms with Crippen LogP contribution in [-0.4, -0.2) is 48.4 Å². The smallest absolute Gasteiger partial charge is 0.247 e. The molecule has 1 aliphatic rings. The van der Waals surface area contributed by atoms with E-state index in [9.17, 15) is 4.39 Å². The Hall–Kier alpha value is -3.42. The van der Waals surface area contributed by atoms with E-state index < -0.39 is 0 Å². The van der Waals surface area contributed by atoms with Crippen LogP contribution in [0.15, 0.2) is 77.2 Å². The first kappa shape index (κ1) is 22.4. The molecule has 4 aromatic rings. The van der Waals surface area contributed by atoms with Gasteiger partial charge >= 0.3 is 0 Å². The normalized spacial score (nSPS) is 15.3. The molecule has 1 atom stereocenters. The number of benzene rings is 3. The lowest BCUT2D eigenvalue weighted by atomic mass is 10.0. The standard InChI is InChI=1S/C26H24ClFN4O2/c1-33-23-8-3-2-7-22(23)31-13-15-32(16-14-31)24(18-9-11-20(27)12-10-18)26-30-29-25(34-26)19-5-4-6-21(28)17-19/h2-12,17,24H,13-16H2,1H3/t24-/m1/s1. The second-order valence-corrected chi connectivity index (χ2v) is 8.54. The molecular weight excluding hydrogens is 455 g/mol. The summed E-state index contributed by atoms with van der Waals surface area (Å²) in [6.45, 7) is 3.19. The van der Waals surface area contributed by atoms with Gasteiger partial charge in [0.1, 0.15) is 17.6 Å². The molecule has 0 N–H and O–H groups in total. The first-order valence-electron chi connectivity index (χ1n) is 11.1. The van der Waals surface area contributed by atoms with Gasteiger partial charge in [-0.15, -0.1) is 10.2 Å². The molecule has 0 amide bonds. The predicted molar refractivity (Wildman–Crippen MR) is 130 cm³/mol. The Morgan fingerprint density at radius 1 is 0.941 bits per heavy atom. The third-order valence-electron chi connectivity index (χ3n) is 6.04. The quantitative estimate of drug-likeness (QED) is 0.367. The van der Waals surface area contributed by atoms with Crippen molar-refractivity contribution in [2.45, 2.75) is 6.04 Å². The zero-order chi connectivity index (χ0) is 23.5. The molecule has 3 aromatic carbocycles. The summed E-state index contributed by atoms with van der Waals surface area (Å²) >= 11 is 6.14. The molecule has 0 aliphatic carbocycles. The molecule has 0 unspecified atom stereocenters. The number of aromatic nitrogens is 2. The van der Waals surface area contributed by atoms with E-state index >= 15 is 0 Å². The maximum Gasteiger partial charge on any atom is 0.247 e. The summed E-state index contributed by atoms with van der Waals surface area (Å²) in [5, 5.41) is 9.22. The monoisotopic (exact) mass is 478 g/mol. The van der Waals surface area contributed by atoms with Crippen molar-refractivity contribution < 1.29 is 13.5 Å². The van der Waals surface area contributed by atoms with Gasteiger partial charge in [-0.3, -0.25) is 4.90 Å². The molecule has 5 rings (SSSR count). The third kappa shape index (κ3) is 4.62. The molecular formula is C26H24ClFN4O2. The number of para-hydroxylation sites is 2. The zero-order valence-electron chi connectivity index (χ0n) is 18.7. The maximum absolute atomic E-state index is 13.7. The number of anilines is 1. The summed E-state index contributed by atoms with van der Waals surface area (Å²) < 4.78 is 25.3. The van der Waals surface area contributed by atoms with Crippen molar-refractivity contribution in [3.63, 3.8) is 0 Å². The minimum Gasteiger partial charge on any atom is -0.495 e. The summed E-state index contributed by atoms with van der Waals surface area (Å²) in [5.74, 6) is 1.27. The van der Waals surface area contributed by atoms with Gasteiger partial charge in [0.15, 0.2) is 0 Å². The molecule has 1 aliphatic heterocycles. The van der Waals surface area contributed by atoms with Crippen molar-refractivity contribution in [1.82, 2.24) is 15.1 Å². The molecule has 1 saturated heterocycles. The van der Waals surface area contributed by atoms with Gasteiger partial charge in [0, 0.05) is 36.8 Å². The minimum absolute atomic E-state index is 0.244. The van der Waals surface area contributed by atoms with Crippen LogP contribution in [0.1, 0.15) is 17.5 Å². The van der Waals surface area contributed by atoms with E-state index in [4.69, 9.17) is 20.8 Å². The highest BCUT2D eigenvalue weighted by atomic mass is 35.5. The molecule has 0 spiro atoms. The van der Waals surface area contributed by atoms with Crippen LogP contribution < -0.4 is 9.64 Å². The molecule has 2 heterocycles. The average molecular weight is 479 g/mol. The number of piperazine rings is 1. The van der Waals surface area contributed by atoms with Crippen LogP contribution in [0.5, 0.6) is 5.75 Å². The number of hydrogen-bond donors (Lipinski definition) is 0. The van der Waals surface area contributed by atoms with Gasteiger partial charge in [-0.05, 0) is 48.0 Å². The Balaban J connectivity index is 1.42. The maximum atomic E-state index is 13.7. The van der Waals surface area contributed by atoms with Crippen LogP contribution in [0, 0.1) is 5.82 Å². The molecule has 174 valence electrons. The van der Waals surface area contributed by atoms with E-state index in [1.54, 1.807) is 19.2 Å². The first-order chi connectivity index (χ1) is 16.6. The summed E-state index contributed by atoms with van der Waals surface area (Å²) in [5.41, 5.74) is 2.64. The van der Waals surface area contributed by atoms with Crippen molar-refractivity contribution >= 4 is 17.3 Å². The van der Waals surface area contributed by atoms with E-state index in [1.165, 1.54) is 12.1 Å². The van der Waals surface area contributed by atoms with Gasteiger partial charge in [-0.2, -0.15) is 0 Å². The van der Waals surface area contributed by atoms with Gasteiger partial charge in [0.2, 0.25) is 11.8 Å². The highest BCUT2D eigenvalue weighted by Crippen LogP contribution is 2.34. The molecule has 6 nitrogen and oxygen atoms in total. The number of halogens is 2. The molecule has 0 bridgehead atoms. The Morgan fingerprint density at radius 2 is 1.71 bits per heavy atom. The third-order valence-corrected chi connectivity index (χ3v) is 6.29. The van der Waals surface area contributed by atoms with E-state index in [0.717, 1.165) is 43.2 Å². The van der Waals surface area contributed by atoms with Crippen LogP contribution in [0.4, 0.5) is 10.1 Å². The number of hydrogen-bond acceptors (Lipinski definition) is 6. The lowest BCUT2D eigenvalue weighted by Crippen LogP contribution is -2.48. The van der Waals surface area contributed by atoms with Crippen molar-refractivity contribution in [1.29, 1.82) is 0 Å². The summed E-state index contributed by atoms with van der Waals surface area (Å²) in [4.78, 5) is 4.64. The van der Waals surface area contributed by atoms with Crippen molar-refractivity contribution in [3.8, 4) is 17.2 Å². The van der Waals surface area contributed by atoms with Gasteiger partial charge in [-0.1, -0.05) is 41.9 Å². The van der Waals surface area contributed by atoms with Crippen molar-refractivity contribution in [2.75, 3.05) is 38.2 Å². The van der Waals surface area contributed by atoms with Gasteiger partial charge < -0.3 is 14.1 Å². The molecule has 34 heavy (non-hydrogen) atoms. The Morgan fingerprint density at radius 3 is 2.44 bits per heavy atom. The number of methoxy groups -OCH3 is 1. The van der Waals surface area contributed by atoms with Crippen molar-refractivity contribution in [2.24, 2.45) is 0 Å². The largest absolute Gasteiger partial charge is 0.495 e. The number of rotatable bonds is 6. The van der Waals surface area contributed by atoms with E-state index in [-0.39, 0.29) is 11.9 Å². The lowest BCUT2D eigenvalue weighted by Gasteiger charge is -2.39. The van der Waals surface area contributed by atoms with Crippen LogP contribution in [0.25, 0.3) is 11.5 Å². The summed E-state index contributed by atoms with van der Waals surface area (Å²) in [6, 6.07) is 21.6. The van der Waals surface area contributed by atoms with Crippen LogP contribution in [-0.2, 0) is 0 Å². The van der Waals surface area contributed by atoms with Crippen LogP contribution in [0.3, 0.4) is 0 Å². The van der Waals surface area contributed by atoms with Crippen LogP contribution in [0.2, 0.25) is 5.02 Å². The fourth-order valence-corrected chi connectivity index (χ4v) is 4.48. The molecule has 1 fully saturated rings. The van der Waals surface area contributed by atoms with Gasteiger partial charge in [0.05, 0.1) is 12.8 Å². The fraction of sp³-hybridized carbons (Fsp3) is 0.231. The SMILES string of the molecule is COc1ccccc1N1CCN([C@H](c2ccc(Cl)cc2)c2nnc(-c3cccc(F)c3)o2)CC1. The second kappa shape index (κ2) is 9.83. The number of nitrogens with zero attached hydrogens (tertiary/aromatic N) is 4. The highest BCUT2D eigenvalue weighted by molar-refractivity contribution is 6.30.